The molecule has 0 atom stereocenters. The Kier molecular flexibility index (Phi) is 2.78. The van der Waals surface area contributed by atoms with E-state index in [0.29, 0.717) is 0 Å². The molecular formula is C15H15N4. The van der Waals surface area contributed by atoms with E-state index < -0.39 is 0 Å². The number of nitrogens with zero attached hydrogens (tertiary/aromatic N) is 4. The van der Waals surface area contributed by atoms with Crippen LogP contribution in [0.3, 0.4) is 0 Å². The molecule has 4 nitrogen and oxygen atoms in total. The Labute approximate surface area is 112 Å². The summed E-state index contributed by atoms with van der Waals surface area (Å²) in [5, 5.41) is 0. The lowest BCUT2D eigenvalue weighted by Crippen LogP contribution is -2.02. The van der Waals surface area contributed by atoms with Crippen LogP contribution in [-0.2, 0) is 6.42 Å². The second-order valence-corrected chi connectivity index (χ2v) is 4.51. The van der Waals surface area contributed by atoms with Crippen molar-refractivity contribution in [2.75, 3.05) is 0 Å². The summed E-state index contributed by atoms with van der Waals surface area (Å²) in [4.78, 5) is 13.6. The molecule has 0 aliphatic rings. The van der Waals surface area contributed by atoms with Gasteiger partial charge in [-0.25, -0.2) is 15.0 Å². The fraction of sp³-hybridized carbons (Fsp3) is 0.267. The van der Waals surface area contributed by atoms with Crippen molar-refractivity contribution in [1.82, 2.24) is 19.5 Å². The number of aryl methyl sites for hydroxylation is 3. The highest BCUT2D eigenvalue weighted by atomic mass is 15.2. The molecule has 4 heteroatoms. The SMILES string of the molecule is CCc1nc2c(C)nc(C)nc2n1-c1c[c]ccc1. The third-order valence-electron chi connectivity index (χ3n) is 3.13. The molecule has 0 aliphatic heterocycles. The lowest BCUT2D eigenvalue weighted by molar-refractivity contribution is 0.898. The van der Waals surface area contributed by atoms with Gasteiger partial charge in [0.25, 0.3) is 0 Å². The predicted molar refractivity (Wildman–Crippen MR) is 74.3 cm³/mol. The van der Waals surface area contributed by atoms with Gasteiger partial charge in [-0.15, -0.1) is 0 Å². The summed E-state index contributed by atoms with van der Waals surface area (Å²) in [6.45, 7) is 5.98. The molecule has 3 aromatic rings. The van der Waals surface area contributed by atoms with Gasteiger partial charge < -0.3 is 0 Å². The standard InChI is InChI=1S/C15H15N4/c1-4-13-18-14-10(2)16-11(3)17-15(14)19(13)12-8-6-5-7-9-12/h5-6,8-9H,4H2,1-3H3. The maximum absolute atomic E-state index is 4.67. The fourth-order valence-electron chi connectivity index (χ4n) is 2.31. The monoisotopic (exact) mass is 251 g/mol. The largest absolute Gasteiger partial charge is 0.281 e. The number of imidazole rings is 1. The van der Waals surface area contributed by atoms with Gasteiger partial charge in [-0.05, 0) is 32.0 Å². The summed E-state index contributed by atoms with van der Waals surface area (Å²) in [6, 6.07) is 11.0. The van der Waals surface area contributed by atoms with E-state index in [4.69, 9.17) is 0 Å². The third kappa shape index (κ3) is 1.89. The molecule has 1 radical (unpaired) electrons. The second kappa shape index (κ2) is 4.46. The molecule has 0 N–H and O–H groups in total. The first kappa shape index (κ1) is 11.8. The second-order valence-electron chi connectivity index (χ2n) is 4.51. The summed E-state index contributed by atoms with van der Waals surface area (Å²) in [5.74, 6) is 1.77. The summed E-state index contributed by atoms with van der Waals surface area (Å²) >= 11 is 0. The van der Waals surface area contributed by atoms with Gasteiger partial charge in [0.1, 0.15) is 17.2 Å². The van der Waals surface area contributed by atoms with E-state index in [9.17, 15) is 0 Å². The lowest BCUT2D eigenvalue weighted by Gasteiger charge is -2.07. The average molecular weight is 251 g/mol. The zero-order chi connectivity index (χ0) is 13.4. The third-order valence-corrected chi connectivity index (χ3v) is 3.13. The Morgan fingerprint density at radius 2 is 2.05 bits per heavy atom. The Bertz CT molecular complexity index is 729. The number of fused-ring (bicyclic) bond motifs is 1. The number of hydrogen-bond donors (Lipinski definition) is 0. The molecular weight excluding hydrogens is 236 g/mol. The van der Waals surface area contributed by atoms with Gasteiger partial charge in [0, 0.05) is 12.1 Å². The van der Waals surface area contributed by atoms with Gasteiger partial charge in [-0.3, -0.25) is 4.57 Å². The van der Waals surface area contributed by atoms with E-state index in [-0.39, 0.29) is 0 Å². The maximum atomic E-state index is 4.67. The molecule has 0 bridgehead atoms. The molecule has 0 spiro atoms. The predicted octanol–water partition coefficient (Wildman–Crippen LogP) is 2.79. The Morgan fingerprint density at radius 1 is 1.21 bits per heavy atom. The van der Waals surface area contributed by atoms with Gasteiger partial charge in [0.15, 0.2) is 5.65 Å². The first-order valence-corrected chi connectivity index (χ1v) is 6.39. The topological polar surface area (TPSA) is 43.6 Å². The minimum Gasteiger partial charge on any atom is -0.281 e. The van der Waals surface area contributed by atoms with Crippen LogP contribution in [0.15, 0.2) is 24.3 Å². The van der Waals surface area contributed by atoms with Crippen LogP contribution in [0, 0.1) is 19.9 Å². The lowest BCUT2D eigenvalue weighted by atomic mass is 10.3. The van der Waals surface area contributed by atoms with Crippen LogP contribution in [0.2, 0.25) is 0 Å². The highest BCUT2D eigenvalue weighted by Crippen LogP contribution is 2.21. The van der Waals surface area contributed by atoms with Crippen LogP contribution >= 0.6 is 0 Å². The van der Waals surface area contributed by atoms with Gasteiger partial charge in [0.05, 0.1) is 5.69 Å². The highest BCUT2D eigenvalue weighted by molar-refractivity contribution is 5.76. The van der Waals surface area contributed by atoms with Crippen molar-refractivity contribution in [3.63, 3.8) is 0 Å². The first-order valence-electron chi connectivity index (χ1n) is 6.39. The Morgan fingerprint density at radius 3 is 2.74 bits per heavy atom. The quantitative estimate of drug-likeness (QED) is 0.703. The molecule has 0 aliphatic carbocycles. The zero-order valence-corrected chi connectivity index (χ0v) is 11.3. The number of hydrogen-bond acceptors (Lipinski definition) is 3. The summed E-state index contributed by atoms with van der Waals surface area (Å²) in [6.07, 6.45) is 0.851. The van der Waals surface area contributed by atoms with Gasteiger partial charge >= 0.3 is 0 Å². The first-order chi connectivity index (χ1) is 9.20. The van der Waals surface area contributed by atoms with Crippen LogP contribution in [0.1, 0.15) is 24.3 Å². The Hall–Kier alpha value is -2.23. The van der Waals surface area contributed by atoms with Gasteiger partial charge in [-0.2, -0.15) is 0 Å². The van der Waals surface area contributed by atoms with Crippen molar-refractivity contribution in [1.29, 1.82) is 0 Å². The minimum atomic E-state index is 0.772. The fourth-order valence-corrected chi connectivity index (χ4v) is 2.31. The van der Waals surface area contributed by atoms with Crippen molar-refractivity contribution in [2.45, 2.75) is 27.2 Å². The highest BCUT2D eigenvalue weighted by Gasteiger charge is 2.15. The van der Waals surface area contributed by atoms with Crippen molar-refractivity contribution in [2.24, 2.45) is 0 Å². The number of rotatable bonds is 2. The van der Waals surface area contributed by atoms with Crippen molar-refractivity contribution < 1.29 is 0 Å². The summed E-state index contributed by atoms with van der Waals surface area (Å²) in [7, 11) is 0. The molecule has 0 unspecified atom stereocenters. The van der Waals surface area contributed by atoms with E-state index >= 15 is 0 Å². The van der Waals surface area contributed by atoms with E-state index in [1.54, 1.807) is 0 Å². The molecule has 2 aromatic heterocycles. The van der Waals surface area contributed by atoms with Gasteiger partial charge in [-0.1, -0.05) is 19.1 Å². The van der Waals surface area contributed by atoms with E-state index in [1.807, 2.05) is 38.1 Å². The summed E-state index contributed by atoms with van der Waals surface area (Å²) < 4.78 is 2.09. The van der Waals surface area contributed by atoms with Crippen LogP contribution in [-0.4, -0.2) is 19.5 Å². The number of aromatic nitrogens is 4. The molecule has 1 aromatic carbocycles. The molecule has 0 saturated carbocycles. The molecule has 0 saturated heterocycles. The molecule has 2 heterocycles. The molecule has 19 heavy (non-hydrogen) atoms. The van der Waals surface area contributed by atoms with Crippen LogP contribution < -0.4 is 0 Å². The van der Waals surface area contributed by atoms with E-state index in [0.717, 1.165) is 40.6 Å². The average Bonchev–Trinajstić information content (AvgIpc) is 2.78. The normalized spacial score (nSPS) is 11.1. The van der Waals surface area contributed by atoms with Crippen LogP contribution in [0.4, 0.5) is 0 Å². The van der Waals surface area contributed by atoms with Gasteiger partial charge in [0.2, 0.25) is 0 Å². The molecule has 0 fully saturated rings. The van der Waals surface area contributed by atoms with Crippen LogP contribution in [0.25, 0.3) is 16.9 Å². The maximum Gasteiger partial charge on any atom is 0.168 e. The smallest absolute Gasteiger partial charge is 0.168 e. The molecule has 0 amide bonds. The number of benzene rings is 1. The van der Waals surface area contributed by atoms with Crippen molar-refractivity contribution in [3.05, 3.63) is 47.7 Å². The molecule has 95 valence electrons. The molecule has 3 rings (SSSR count). The zero-order valence-electron chi connectivity index (χ0n) is 11.3. The van der Waals surface area contributed by atoms with Crippen molar-refractivity contribution >= 4 is 11.2 Å². The van der Waals surface area contributed by atoms with E-state index in [1.165, 1.54) is 0 Å². The van der Waals surface area contributed by atoms with Crippen LogP contribution in [0.5, 0.6) is 0 Å². The van der Waals surface area contributed by atoms with Crippen molar-refractivity contribution in [3.8, 4) is 5.69 Å². The Balaban J connectivity index is 2.39. The minimum absolute atomic E-state index is 0.772. The van der Waals surface area contributed by atoms with E-state index in [2.05, 4.69) is 32.5 Å². The summed E-state index contributed by atoms with van der Waals surface area (Å²) in [5.41, 5.74) is 3.72.